The van der Waals surface area contributed by atoms with Crippen molar-refractivity contribution < 1.29 is 24.2 Å². The van der Waals surface area contributed by atoms with Gasteiger partial charge in [0.2, 0.25) is 0 Å². The van der Waals surface area contributed by atoms with Gasteiger partial charge in [0.25, 0.3) is 11.7 Å². The number of aliphatic hydroxyl groups excluding tert-OH is 1. The summed E-state index contributed by atoms with van der Waals surface area (Å²) in [5.74, 6) is -0.170. The number of ketones is 1. The van der Waals surface area contributed by atoms with E-state index in [0.29, 0.717) is 29.9 Å². The second-order valence-electron chi connectivity index (χ2n) is 10.1. The summed E-state index contributed by atoms with van der Waals surface area (Å²) < 4.78 is 11.7. The van der Waals surface area contributed by atoms with E-state index >= 15 is 0 Å². The number of pyridine rings is 1. The summed E-state index contributed by atoms with van der Waals surface area (Å²) in [7, 11) is 0. The van der Waals surface area contributed by atoms with Crippen molar-refractivity contribution in [3.8, 4) is 11.5 Å². The Labute approximate surface area is 232 Å². The number of ether oxygens (including phenoxy) is 2. The van der Waals surface area contributed by atoms with E-state index in [1.165, 1.54) is 4.90 Å². The molecule has 1 amide bonds. The van der Waals surface area contributed by atoms with E-state index < -0.39 is 17.7 Å². The highest BCUT2D eigenvalue weighted by Crippen LogP contribution is 2.41. The number of Topliss-reactive ketones (excluding diaryl/α,β-unsaturated/α-hetero) is 1. The van der Waals surface area contributed by atoms with E-state index in [4.69, 9.17) is 9.47 Å². The number of likely N-dealkylation sites (tertiary alicyclic amines) is 1. The second-order valence-corrected chi connectivity index (χ2v) is 10.1. The normalized spacial score (nSPS) is 19.4. The lowest BCUT2D eigenvalue weighted by atomic mass is 9.94. The minimum Gasteiger partial charge on any atom is -0.507 e. The van der Waals surface area contributed by atoms with Crippen molar-refractivity contribution in [1.29, 1.82) is 0 Å². The number of benzene rings is 3. The fourth-order valence-corrected chi connectivity index (χ4v) is 5.29. The number of hydrogen-bond donors (Lipinski definition) is 1. The Morgan fingerprint density at radius 3 is 2.52 bits per heavy atom. The standard InChI is InChI=1S/C33H28N2O5/c1-21-16-26-17-25(11-14-28(26)40-21)31(36)29-30(35(33(38)32(29)37)19-23-8-5-15-34-18-23)24-9-12-27(13-10-24)39-20-22-6-3-2-4-7-22/h2-15,17-18,21,30,36H,16,19-20H2,1H3/b31-29-. The van der Waals surface area contributed by atoms with Crippen molar-refractivity contribution >= 4 is 17.4 Å². The van der Waals surface area contributed by atoms with Crippen LogP contribution in [0.15, 0.2) is 103 Å². The van der Waals surface area contributed by atoms with Crippen LogP contribution in [-0.2, 0) is 29.2 Å². The smallest absolute Gasteiger partial charge is 0.295 e. The van der Waals surface area contributed by atoms with E-state index in [2.05, 4.69) is 4.98 Å². The maximum Gasteiger partial charge on any atom is 0.295 e. The van der Waals surface area contributed by atoms with Crippen LogP contribution in [0.3, 0.4) is 0 Å². The third-order valence-electron chi connectivity index (χ3n) is 7.23. The molecule has 0 bridgehead atoms. The number of nitrogens with zero attached hydrogens (tertiary/aromatic N) is 2. The fraction of sp³-hybridized carbons (Fsp3) is 0.182. The molecule has 7 nitrogen and oxygen atoms in total. The molecule has 0 aliphatic carbocycles. The molecule has 2 atom stereocenters. The summed E-state index contributed by atoms with van der Waals surface area (Å²) in [5.41, 5.74) is 4.00. The molecule has 0 spiro atoms. The van der Waals surface area contributed by atoms with Crippen molar-refractivity contribution in [3.63, 3.8) is 0 Å². The number of hydrogen-bond acceptors (Lipinski definition) is 6. The van der Waals surface area contributed by atoms with Crippen LogP contribution in [-0.4, -0.2) is 32.8 Å². The number of aliphatic hydroxyl groups is 1. The lowest BCUT2D eigenvalue weighted by molar-refractivity contribution is -0.140. The van der Waals surface area contributed by atoms with Crippen molar-refractivity contribution in [2.75, 3.05) is 0 Å². The van der Waals surface area contributed by atoms with E-state index in [1.807, 2.05) is 73.7 Å². The van der Waals surface area contributed by atoms with Gasteiger partial charge in [-0.05, 0) is 65.6 Å². The monoisotopic (exact) mass is 532 g/mol. The van der Waals surface area contributed by atoms with Gasteiger partial charge >= 0.3 is 0 Å². The minimum atomic E-state index is -0.785. The molecule has 1 N–H and O–H groups in total. The van der Waals surface area contributed by atoms with Gasteiger partial charge in [0.15, 0.2) is 0 Å². The molecule has 2 aliphatic rings. The molecular formula is C33H28N2O5. The zero-order chi connectivity index (χ0) is 27.6. The van der Waals surface area contributed by atoms with Gasteiger partial charge in [0.05, 0.1) is 11.6 Å². The van der Waals surface area contributed by atoms with Crippen LogP contribution in [0.4, 0.5) is 0 Å². The molecule has 3 aromatic carbocycles. The van der Waals surface area contributed by atoms with Gasteiger partial charge in [-0.15, -0.1) is 0 Å². The predicted octanol–water partition coefficient (Wildman–Crippen LogP) is 5.61. The van der Waals surface area contributed by atoms with Gasteiger partial charge in [0, 0.05) is 30.9 Å². The largest absolute Gasteiger partial charge is 0.507 e. The Bertz CT molecular complexity index is 1580. The predicted molar refractivity (Wildman–Crippen MR) is 150 cm³/mol. The van der Waals surface area contributed by atoms with Crippen LogP contribution in [0.25, 0.3) is 5.76 Å². The van der Waals surface area contributed by atoms with Crippen molar-refractivity contribution in [2.24, 2.45) is 0 Å². The molecule has 40 heavy (non-hydrogen) atoms. The Morgan fingerprint density at radius 2 is 1.77 bits per heavy atom. The molecule has 6 rings (SSSR count). The molecular weight excluding hydrogens is 504 g/mol. The number of carbonyl (C=O) groups is 2. The third-order valence-corrected chi connectivity index (χ3v) is 7.23. The maximum absolute atomic E-state index is 13.4. The van der Waals surface area contributed by atoms with Crippen LogP contribution >= 0.6 is 0 Å². The van der Waals surface area contributed by atoms with Gasteiger partial charge in [-0.25, -0.2) is 0 Å². The lowest BCUT2D eigenvalue weighted by Crippen LogP contribution is -2.29. The fourth-order valence-electron chi connectivity index (χ4n) is 5.29. The summed E-state index contributed by atoms with van der Waals surface area (Å²) >= 11 is 0. The van der Waals surface area contributed by atoms with Crippen LogP contribution in [0.1, 0.15) is 40.8 Å². The maximum atomic E-state index is 13.4. The van der Waals surface area contributed by atoms with Gasteiger partial charge in [0.1, 0.15) is 30.0 Å². The Kier molecular flexibility index (Phi) is 6.78. The van der Waals surface area contributed by atoms with Crippen LogP contribution in [0, 0.1) is 0 Å². The number of rotatable bonds is 7. The Balaban J connectivity index is 1.37. The first-order valence-corrected chi connectivity index (χ1v) is 13.2. The molecule has 4 aromatic rings. The summed E-state index contributed by atoms with van der Waals surface area (Å²) in [4.78, 5) is 32.4. The van der Waals surface area contributed by atoms with Gasteiger partial charge in [-0.1, -0.05) is 48.5 Å². The van der Waals surface area contributed by atoms with E-state index in [9.17, 15) is 14.7 Å². The van der Waals surface area contributed by atoms with Crippen molar-refractivity contribution in [3.05, 3.63) is 131 Å². The first-order valence-electron chi connectivity index (χ1n) is 13.2. The highest BCUT2D eigenvalue weighted by molar-refractivity contribution is 6.46. The first-order chi connectivity index (χ1) is 19.5. The van der Waals surface area contributed by atoms with E-state index in [1.54, 1.807) is 30.6 Å². The molecule has 0 saturated carbocycles. The molecule has 1 fully saturated rings. The SMILES string of the molecule is CC1Cc2cc(/C(O)=C3/C(=O)C(=O)N(Cc4cccnc4)C3c3ccc(OCc4ccccc4)cc3)ccc2O1. The highest BCUT2D eigenvalue weighted by Gasteiger charge is 2.46. The molecule has 200 valence electrons. The zero-order valence-electron chi connectivity index (χ0n) is 22.0. The van der Waals surface area contributed by atoms with Gasteiger partial charge in [-0.2, -0.15) is 0 Å². The highest BCUT2D eigenvalue weighted by atomic mass is 16.5. The summed E-state index contributed by atoms with van der Waals surface area (Å²) in [5, 5.41) is 11.5. The average Bonchev–Trinajstić information content (AvgIpc) is 3.48. The average molecular weight is 533 g/mol. The third kappa shape index (κ3) is 4.94. The molecule has 2 unspecified atom stereocenters. The molecule has 0 radical (unpaired) electrons. The topological polar surface area (TPSA) is 89.0 Å². The minimum absolute atomic E-state index is 0.0417. The zero-order valence-corrected chi connectivity index (χ0v) is 22.0. The molecule has 1 aromatic heterocycles. The molecule has 1 saturated heterocycles. The van der Waals surface area contributed by atoms with Crippen LogP contribution in [0.2, 0.25) is 0 Å². The van der Waals surface area contributed by atoms with E-state index in [0.717, 1.165) is 22.4 Å². The molecule has 7 heteroatoms. The summed E-state index contributed by atoms with van der Waals surface area (Å²) in [6.07, 6.45) is 4.07. The molecule has 2 aliphatic heterocycles. The molecule has 3 heterocycles. The van der Waals surface area contributed by atoms with Gasteiger partial charge < -0.3 is 19.5 Å². The number of fused-ring (bicyclic) bond motifs is 1. The Hall–Kier alpha value is -4.91. The quantitative estimate of drug-likeness (QED) is 0.189. The van der Waals surface area contributed by atoms with Crippen LogP contribution in [0.5, 0.6) is 11.5 Å². The van der Waals surface area contributed by atoms with Crippen molar-refractivity contribution in [2.45, 2.75) is 38.6 Å². The summed E-state index contributed by atoms with van der Waals surface area (Å²) in [6, 6.07) is 25.4. The van der Waals surface area contributed by atoms with Crippen molar-refractivity contribution in [1.82, 2.24) is 9.88 Å². The number of carbonyl (C=O) groups excluding carboxylic acids is 2. The van der Waals surface area contributed by atoms with E-state index in [-0.39, 0.29) is 24.0 Å². The van der Waals surface area contributed by atoms with Gasteiger partial charge in [-0.3, -0.25) is 14.6 Å². The summed E-state index contributed by atoms with van der Waals surface area (Å²) in [6.45, 7) is 2.57. The second kappa shape index (κ2) is 10.7. The van der Waals surface area contributed by atoms with Crippen LogP contribution < -0.4 is 9.47 Å². The first kappa shape index (κ1) is 25.4. The lowest BCUT2D eigenvalue weighted by Gasteiger charge is -2.25. The number of aromatic nitrogens is 1. The Morgan fingerprint density at radius 1 is 1.00 bits per heavy atom. The number of amides is 1.